The maximum atomic E-state index is 12.1. The van der Waals surface area contributed by atoms with Gasteiger partial charge in [-0.1, -0.05) is 11.2 Å². The van der Waals surface area contributed by atoms with Crippen LogP contribution in [-0.4, -0.2) is 37.7 Å². The van der Waals surface area contributed by atoms with Crippen molar-refractivity contribution in [1.82, 2.24) is 5.32 Å². The average molecular weight is 281 g/mol. The van der Waals surface area contributed by atoms with Crippen LogP contribution in [0.4, 0.5) is 0 Å². The fraction of sp³-hybridized carbons (Fsp3) is 0.385. The van der Waals surface area contributed by atoms with Crippen molar-refractivity contribution in [3.05, 3.63) is 23.8 Å². The highest BCUT2D eigenvalue weighted by Gasteiger charge is 2.17. The van der Waals surface area contributed by atoms with Gasteiger partial charge in [-0.25, -0.2) is 0 Å². The highest BCUT2D eigenvalue weighted by atomic mass is 16.5. The number of benzene rings is 1. The Morgan fingerprint density at radius 1 is 1.35 bits per heavy atom. The largest absolute Gasteiger partial charge is 0.496 e. The van der Waals surface area contributed by atoms with Crippen molar-refractivity contribution < 1.29 is 19.5 Å². The molecule has 0 atom stereocenters. The van der Waals surface area contributed by atoms with Gasteiger partial charge in [-0.3, -0.25) is 4.79 Å². The van der Waals surface area contributed by atoms with Crippen LogP contribution in [0.2, 0.25) is 0 Å². The van der Waals surface area contributed by atoms with E-state index in [1.807, 2.05) is 0 Å². The second kappa shape index (κ2) is 7.88. The summed E-state index contributed by atoms with van der Waals surface area (Å²) in [6.45, 7) is 0.399. The fourth-order valence-corrected chi connectivity index (χ4v) is 1.68. The van der Waals surface area contributed by atoms with E-state index < -0.39 is 0 Å². The van der Waals surface area contributed by atoms with Crippen molar-refractivity contribution in [2.45, 2.75) is 12.8 Å². The average Bonchev–Trinajstić information content (AvgIpc) is 2.49. The van der Waals surface area contributed by atoms with Crippen LogP contribution in [0.1, 0.15) is 23.2 Å². The predicted octanol–water partition coefficient (Wildman–Crippen LogP) is 0.960. The van der Waals surface area contributed by atoms with Gasteiger partial charge < -0.3 is 25.7 Å². The fourth-order valence-electron chi connectivity index (χ4n) is 1.68. The Morgan fingerprint density at radius 2 is 1.95 bits per heavy atom. The summed E-state index contributed by atoms with van der Waals surface area (Å²) < 4.78 is 10.3. The van der Waals surface area contributed by atoms with Gasteiger partial charge in [0.15, 0.2) is 0 Å². The zero-order valence-electron chi connectivity index (χ0n) is 11.5. The van der Waals surface area contributed by atoms with E-state index >= 15 is 0 Å². The van der Waals surface area contributed by atoms with E-state index in [0.29, 0.717) is 36.4 Å². The number of amides is 1. The molecule has 0 spiro atoms. The standard InChI is InChI=1S/C13H19N3O4/c1-19-9-5-3-6-10(20-2)12(9)13(17)15-8-4-7-11(14)16-18/h3,5-6,18H,4,7-8H2,1-2H3,(H2,14,16)(H,15,17). The van der Waals surface area contributed by atoms with E-state index in [2.05, 4.69) is 10.5 Å². The van der Waals surface area contributed by atoms with Crippen molar-refractivity contribution in [2.75, 3.05) is 20.8 Å². The minimum absolute atomic E-state index is 0.133. The summed E-state index contributed by atoms with van der Waals surface area (Å²) in [6, 6.07) is 5.12. The molecule has 4 N–H and O–H groups in total. The molecule has 0 saturated carbocycles. The molecule has 0 unspecified atom stereocenters. The van der Waals surface area contributed by atoms with Gasteiger partial charge >= 0.3 is 0 Å². The lowest BCUT2D eigenvalue weighted by atomic mass is 10.1. The lowest BCUT2D eigenvalue weighted by Gasteiger charge is -2.12. The first-order chi connectivity index (χ1) is 9.63. The van der Waals surface area contributed by atoms with E-state index in [-0.39, 0.29) is 11.7 Å². The molecule has 0 aliphatic heterocycles. The Bertz CT molecular complexity index is 466. The molecule has 1 amide bonds. The SMILES string of the molecule is COc1cccc(OC)c1C(=O)NCCCC(N)=NO. The number of ether oxygens (including phenoxy) is 2. The number of hydrogen-bond acceptors (Lipinski definition) is 5. The van der Waals surface area contributed by atoms with Crippen LogP contribution < -0.4 is 20.5 Å². The Kier molecular flexibility index (Phi) is 6.15. The third-order valence-electron chi connectivity index (χ3n) is 2.68. The van der Waals surface area contributed by atoms with E-state index in [0.717, 1.165) is 0 Å². The molecule has 0 heterocycles. The van der Waals surface area contributed by atoms with Crippen LogP contribution in [0.25, 0.3) is 0 Å². The highest BCUT2D eigenvalue weighted by Crippen LogP contribution is 2.27. The number of nitrogens with one attached hydrogen (secondary N) is 1. The second-order valence-corrected chi connectivity index (χ2v) is 3.99. The molecule has 1 aromatic rings. The molecule has 0 aromatic heterocycles. The highest BCUT2D eigenvalue weighted by molar-refractivity contribution is 5.99. The Morgan fingerprint density at radius 3 is 2.45 bits per heavy atom. The molecule has 0 saturated heterocycles. The molecule has 110 valence electrons. The number of rotatable bonds is 7. The molecule has 0 fully saturated rings. The van der Waals surface area contributed by atoms with Crippen molar-refractivity contribution >= 4 is 11.7 Å². The summed E-state index contributed by atoms with van der Waals surface area (Å²) in [4.78, 5) is 12.1. The van der Waals surface area contributed by atoms with Crippen molar-refractivity contribution in [3.63, 3.8) is 0 Å². The van der Waals surface area contributed by atoms with Gasteiger partial charge in [0.2, 0.25) is 0 Å². The molecule has 1 aromatic carbocycles. The van der Waals surface area contributed by atoms with Crippen molar-refractivity contribution in [1.29, 1.82) is 0 Å². The van der Waals surface area contributed by atoms with Crippen molar-refractivity contribution in [3.8, 4) is 11.5 Å². The summed E-state index contributed by atoms with van der Waals surface area (Å²) >= 11 is 0. The molecule has 0 radical (unpaired) electrons. The first kappa shape index (κ1) is 15.6. The number of methoxy groups -OCH3 is 2. The molecule has 7 heteroatoms. The number of nitrogens with zero attached hydrogens (tertiary/aromatic N) is 1. The molecular formula is C13H19N3O4. The quantitative estimate of drug-likeness (QED) is 0.227. The number of carbonyl (C=O) groups excluding carboxylic acids is 1. The van der Waals surface area contributed by atoms with E-state index in [4.69, 9.17) is 20.4 Å². The number of hydrogen-bond donors (Lipinski definition) is 3. The molecule has 0 aliphatic rings. The number of amidine groups is 1. The molecule has 1 rings (SSSR count). The van der Waals surface area contributed by atoms with Crippen LogP contribution in [0.5, 0.6) is 11.5 Å². The summed E-state index contributed by atoms with van der Waals surface area (Å²) in [5.41, 5.74) is 5.69. The van der Waals surface area contributed by atoms with Gasteiger partial charge in [0.25, 0.3) is 5.91 Å². The zero-order valence-corrected chi connectivity index (χ0v) is 11.5. The first-order valence-corrected chi connectivity index (χ1v) is 6.09. The topological polar surface area (TPSA) is 106 Å². The lowest BCUT2D eigenvalue weighted by molar-refractivity contribution is 0.0947. The van der Waals surface area contributed by atoms with Gasteiger partial charge in [-0.05, 0) is 18.6 Å². The van der Waals surface area contributed by atoms with Gasteiger partial charge in [0.1, 0.15) is 22.9 Å². The molecule has 20 heavy (non-hydrogen) atoms. The monoisotopic (exact) mass is 281 g/mol. The van der Waals surface area contributed by atoms with Crippen LogP contribution in [-0.2, 0) is 0 Å². The number of oxime groups is 1. The first-order valence-electron chi connectivity index (χ1n) is 6.09. The maximum absolute atomic E-state index is 12.1. The third kappa shape index (κ3) is 4.04. The van der Waals surface area contributed by atoms with Crippen LogP contribution in [0.3, 0.4) is 0 Å². The Hall–Kier alpha value is -2.44. The molecule has 0 bridgehead atoms. The van der Waals surface area contributed by atoms with Crippen molar-refractivity contribution in [2.24, 2.45) is 10.9 Å². The minimum Gasteiger partial charge on any atom is -0.496 e. The van der Waals surface area contributed by atoms with Gasteiger partial charge in [0.05, 0.1) is 14.2 Å². The molecular weight excluding hydrogens is 262 g/mol. The van der Waals surface area contributed by atoms with E-state index in [9.17, 15) is 4.79 Å². The van der Waals surface area contributed by atoms with Crippen LogP contribution in [0.15, 0.2) is 23.4 Å². The smallest absolute Gasteiger partial charge is 0.258 e. The maximum Gasteiger partial charge on any atom is 0.258 e. The molecule has 0 aliphatic carbocycles. The lowest BCUT2D eigenvalue weighted by Crippen LogP contribution is -2.26. The summed E-state index contributed by atoms with van der Waals surface area (Å²) in [7, 11) is 2.98. The normalized spacial score (nSPS) is 11.0. The summed E-state index contributed by atoms with van der Waals surface area (Å²) in [5, 5.41) is 14.0. The van der Waals surface area contributed by atoms with Gasteiger partial charge in [0, 0.05) is 13.0 Å². The Labute approximate surface area is 117 Å². The van der Waals surface area contributed by atoms with E-state index in [1.54, 1.807) is 18.2 Å². The summed E-state index contributed by atoms with van der Waals surface area (Å²) in [5.74, 6) is 0.726. The van der Waals surface area contributed by atoms with E-state index in [1.165, 1.54) is 14.2 Å². The van der Waals surface area contributed by atoms with Gasteiger partial charge in [-0.15, -0.1) is 0 Å². The number of nitrogens with two attached hydrogens (primary N) is 1. The van der Waals surface area contributed by atoms with Crippen LogP contribution in [0, 0.1) is 0 Å². The minimum atomic E-state index is -0.293. The summed E-state index contributed by atoms with van der Waals surface area (Å²) in [6.07, 6.45) is 0.971. The zero-order chi connectivity index (χ0) is 15.0. The van der Waals surface area contributed by atoms with Gasteiger partial charge in [-0.2, -0.15) is 0 Å². The Balaban J connectivity index is 2.67. The number of carbonyl (C=O) groups is 1. The van der Waals surface area contributed by atoms with Crippen LogP contribution >= 0.6 is 0 Å². The third-order valence-corrected chi connectivity index (χ3v) is 2.68. The molecule has 7 nitrogen and oxygen atoms in total. The predicted molar refractivity (Wildman–Crippen MR) is 74.5 cm³/mol. The second-order valence-electron chi connectivity index (χ2n) is 3.99.